The van der Waals surface area contributed by atoms with Crippen molar-refractivity contribution in [1.29, 1.82) is 0 Å². The predicted molar refractivity (Wildman–Crippen MR) is 74.0 cm³/mol. The van der Waals surface area contributed by atoms with Crippen molar-refractivity contribution < 1.29 is 14.7 Å². The number of nitrogens with two attached hydrogens (primary N) is 1. The highest BCUT2D eigenvalue weighted by molar-refractivity contribution is 5.97. The van der Waals surface area contributed by atoms with Crippen LogP contribution in [0.25, 0.3) is 0 Å². The summed E-state index contributed by atoms with van der Waals surface area (Å²) in [5, 5.41) is 20.7. The zero-order valence-electron chi connectivity index (χ0n) is 11.3. The normalized spacial score (nSPS) is 21.1. The maximum absolute atomic E-state index is 14.3. The predicted octanol–water partition coefficient (Wildman–Crippen LogP) is 1.12. The number of benzene rings is 1. The number of hydrogen-bond donors (Lipinski definition) is 3. The quantitative estimate of drug-likeness (QED) is 0.334. The molecule has 5 nitrogen and oxygen atoms in total. The van der Waals surface area contributed by atoms with Crippen molar-refractivity contribution in [1.82, 2.24) is 4.90 Å². The standard InChI is InChI=1S/C14H20FN3O2/c15-13-11(4-1-5-12(13)14(16)17-20)8-18-6-2-3-10(7-18)9-19/h1,4-5,10,19-20H,2-3,6-9H2,(H2,16,17). The third-order valence-corrected chi connectivity index (χ3v) is 3.72. The molecule has 1 atom stereocenters. The van der Waals surface area contributed by atoms with E-state index >= 15 is 0 Å². The highest BCUT2D eigenvalue weighted by Crippen LogP contribution is 2.20. The fourth-order valence-corrected chi connectivity index (χ4v) is 2.64. The molecular formula is C14H20FN3O2. The van der Waals surface area contributed by atoms with E-state index in [4.69, 9.17) is 10.9 Å². The van der Waals surface area contributed by atoms with E-state index in [9.17, 15) is 9.50 Å². The van der Waals surface area contributed by atoms with E-state index in [1.807, 2.05) is 0 Å². The topological polar surface area (TPSA) is 82.1 Å². The van der Waals surface area contributed by atoms with Gasteiger partial charge < -0.3 is 16.0 Å². The summed E-state index contributed by atoms with van der Waals surface area (Å²) in [6, 6.07) is 4.88. The molecule has 1 fully saturated rings. The molecule has 1 heterocycles. The van der Waals surface area contributed by atoms with Crippen molar-refractivity contribution in [2.75, 3.05) is 19.7 Å². The van der Waals surface area contributed by atoms with Gasteiger partial charge in [-0.25, -0.2) is 4.39 Å². The molecule has 1 aliphatic heterocycles. The van der Waals surface area contributed by atoms with Crippen LogP contribution < -0.4 is 5.73 Å². The lowest BCUT2D eigenvalue weighted by Gasteiger charge is -2.31. The molecule has 1 aromatic rings. The van der Waals surface area contributed by atoms with E-state index in [1.54, 1.807) is 12.1 Å². The summed E-state index contributed by atoms with van der Waals surface area (Å²) < 4.78 is 14.3. The fraction of sp³-hybridized carbons (Fsp3) is 0.500. The summed E-state index contributed by atoms with van der Waals surface area (Å²) in [6.07, 6.45) is 2.02. The lowest BCUT2D eigenvalue weighted by Crippen LogP contribution is -2.36. The Morgan fingerprint density at radius 2 is 2.30 bits per heavy atom. The average molecular weight is 281 g/mol. The first kappa shape index (κ1) is 14.7. The van der Waals surface area contributed by atoms with Crippen molar-refractivity contribution in [2.45, 2.75) is 19.4 Å². The number of oxime groups is 1. The summed E-state index contributed by atoms with van der Waals surface area (Å²) in [4.78, 5) is 2.12. The smallest absolute Gasteiger partial charge is 0.173 e. The van der Waals surface area contributed by atoms with Gasteiger partial charge in [0.05, 0.1) is 5.56 Å². The molecule has 1 saturated heterocycles. The van der Waals surface area contributed by atoms with E-state index in [0.29, 0.717) is 12.1 Å². The second-order valence-electron chi connectivity index (χ2n) is 5.19. The molecule has 0 saturated carbocycles. The Labute approximate surface area is 117 Å². The van der Waals surface area contributed by atoms with Crippen LogP contribution in [0.3, 0.4) is 0 Å². The molecule has 1 aromatic carbocycles. The van der Waals surface area contributed by atoms with Gasteiger partial charge in [-0.05, 0) is 31.4 Å². The summed E-state index contributed by atoms with van der Waals surface area (Å²) in [5.74, 6) is -0.413. The van der Waals surface area contributed by atoms with Crippen LogP contribution in [0.2, 0.25) is 0 Å². The summed E-state index contributed by atoms with van der Waals surface area (Å²) >= 11 is 0. The van der Waals surface area contributed by atoms with Crippen molar-refractivity contribution in [3.8, 4) is 0 Å². The van der Waals surface area contributed by atoms with Gasteiger partial charge in [-0.1, -0.05) is 17.3 Å². The van der Waals surface area contributed by atoms with Crippen molar-refractivity contribution in [2.24, 2.45) is 16.8 Å². The minimum atomic E-state index is -0.450. The third-order valence-electron chi connectivity index (χ3n) is 3.72. The van der Waals surface area contributed by atoms with Gasteiger partial charge in [0, 0.05) is 25.3 Å². The van der Waals surface area contributed by atoms with Gasteiger partial charge in [0.15, 0.2) is 5.84 Å². The molecule has 6 heteroatoms. The van der Waals surface area contributed by atoms with Crippen LogP contribution in [0.4, 0.5) is 4.39 Å². The van der Waals surface area contributed by atoms with Gasteiger partial charge in [-0.3, -0.25) is 4.90 Å². The molecular weight excluding hydrogens is 261 g/mol. The number of piperidine rings is 1. The highest BCUT2D eigenvalue weighted by atomic mass is 19.1. The number of hydrogen-bond acceptors (Lipinski definition) is 4. The van der Waals surface area contributed by atoms with Crippen molar-refractivity contribution >= 4 is 5.84 Å². The Kier molecular flexibility index (Phi) is 4.92. The van der Waals surface area contributed by atoms with Crippen LogP contribution in [0, 0.1) is 11.7 Å². The van der Waals surface area contributed by atoms with Crippen LogP contribution in [0.1, 0.15) is 24.0 Å². The molecule has 0 aromatic heterocycles. The first-order valence-corrected chi connectivity index (χ1v) is 6.74. The number of nitrogens with zero attached hydrogens (tertiary/aromatic N) is 2. The fourth-order valence-electron chi connectivity index (χ4n) is 2.64. The van der Waals surface area contributed by atoms with Gasteiger partial charge in [-0.2, -0.15) is 0 Å². The first-order valence-electron chi connectivity index (χ1n) is 6.74. The molecule has 0 radical (unpaired) electrons. The monoisotopic (exact) mass is 281 g/mol. The molecule has 20 heavy (non-hydrogen) atoms. The average Bonchev–Trinajstić information content (AvgIpc) is 2.49. The van der Waals surface area contributed by atoms with Crippen LogP contribution in [-0.4, -0.2) is 40.7 Å². The molecule has 0 bridgehead atoms. The minimum Gasteiger partial charge on any atom is -0.409 e. The second-order valence-corrected chi connectivity index (χ2v) is 5.19. The van der Waals surface area contributed by atoms with E-state index in [2.05, 4.69) is 10.1 Å². The summed E-state index contributed by atoms with van der Waals surface area (Å²) in [7, 11) is 0. The molecule has 1 unspecified atom stereocenters. The third kappa shape index (κ3) is 3.26. The maximum Gasteiger partial charge on any atom is 0.173 e. The number of halogens is 1. The summed E-state index contributed by atoms with van der Waals surface area (Å²) in [5.41, 5.74) is 6.09. The molecule has 1 aliphatic rings. The lowest BCUT2D eigenvalue weighted by atomic mass is 9.98. The maximum atomic E-state index is 14.3. The van der Waals surface area contributed by atoms with Gasteiger partial charge in [0.1, 0.15) is 5.82 Å². The Bertz CT molecular complexity index is 493. The van der Waals surface area contributed by atoms with E-state index < -0.39 is 5.82 Å². The Hall–Kier alpha value is -1.66. The number of aliphatic hydroxyl groups is 1. The van der Waals surface area contributed by atoms with E-state index in [0.717, 1.165) is 25.9 Å². The number of aliphatic hydroxyl groups excluding tert-OH is 1. The molecule has 2 rings (SSSR count). The minimum absolute atomic E-state index is 0.112. The van der Waals surface area contributed by atoms with Crippen LogP contribution in [-0.2, 0) is 6.54 Å². The van der Waals surface area contributed by atoms with Gasteiger partial charge in [0.2, 0.25) is 0 Å². The second kappa shape index (κ2) is 6.67. The van der Waals surface area contributed by atoms with Gasteiger partial charge in [0.25, 0.3) is 0 Å². The summed E-state index contributed by atoms with van der Waals surface area (Å²) in [6.45, 7) is 2.30. The van der Waals surface area contributed by atoms with Crippen LogP contribution >= 0.6 is 0 Å². The number of likely N-dealkylation sites (tertiary alicyclic amines) is 1. The van der Waals surface area contributed by atoms with E-state index in [1.165, 1.54) is 6.07 Å². The zero-order chi connectivity index (χ0) is 14.5. The SMILES string of the molecule is N/C(=N/O)c1cccc(CN2CCCC(CO)C2)c1F. The molecule has 110 valence electrons. The molecule has 0 aliphatic carbocycles. The molecule has 0 spiro atoms. The Balaban J connectivity index is 2.13. The van der Waals surface area contributed by atoms with Crippen molar-refractivity contribution in [3.05, 3.63) is 35.1 Å². The van der Waals surface area contributed by atoms with Gasteiger partial charge in [-0.15, -0.1) is 0 Å². The Morgan fingerprint density at radius 1 is 1.50 bits per heavy atom. The largest absolute Gasteiger partial charge is 0.409 e. The number of amidine groups is 1. The lowest BCUT2D eigenvalue weighted by molar-refractivity contribution is 0.115. The molecule has 0 amide bonds. The van der Waals surface area contributed by atoms with Crippen LogP contribution in [0.15, 0.2) is 23.4 Å². The number of rotatable bonds is 4. The Morgan fingerprint density at radius 3 is 3.00 bits per heavy atom. The zero-order valence-corrected chi connectivity index (χ0v) is 11.3. The van der Waals surface area contributed by atoms with Crippen molar-refractivity contribution in [3.63, 3.8) is 0 Å². The van der Waals surface area contributed by atoms with Gasteiger partial charge >= 0.3 is 0 Å². The molecule has 4 N–H and O–H groups in total. The van der Waals surface area contributed by atoms with E-state index in [-0.39, 0.29) is 23.9 Å². The van der Waals surface area contributed by atoms with Crippen LogP contribution in [0.5, 0.6) is 0 Å². The first-order chi connectivity index (χ1) is 9.65. The highest BCUT2D eigenvalue weighted by Gasteiger charge is 2.21.